The van der Waals surface area contributed by atoms with E-state index in [1.807, 2.05) is 0 Å². The highest BCUT2D eigenvalue weighted by Gasteiger charge is 2.03. The minimum Gasteiger partial charge on any atom is -0.385 e. The Morgan fingerprint density at radius 2 is 1.83 bits per heavy atom. The number of aryl methyl sites for hydroxylation is 1. The molecule has 0 aromatic heterocycles. The van der Waals surface area contributed by atoms with E-state index in [4.69, 9.17) is 9.47 Å². The Labute approximate surface area is 110 Å². The molecule has 0 aliphatic rings. The fraction of sp³-hybridized carbons (Fsp3) is 0.600. The molecule has 1 aromatic rings. The number of rotatable bonds is 9. The highest BCUT2D eigenvalue weighted by Crippen LogP contribution is 2.12. The van der Waals surface area contributed by atoms with Crippen LogP contribution in [-0.2, 0) is 9.47 Å². The van der Waals surface area contributed by atoms with Crippen LogP contribution in [0.1, 0.15) is 30.5 Å². The summed E-state index contributed by atoms with van der Waals surface area (Å²) in [5, 5.41) is 3.45. The van der Waals surface area contributed by atoms with Crippen LogP contribution in [0.25, 0.3) is 0 Å². The minimum absolute atomic E-state index is 0.369. The largest absolute Gasteiger partial charge is 0.385 e. The van der Waals surface area contributed by atoms with E-state index >= 15 is 0 Å². The molecule has 0 spiro atoms. The van der Waals surface area contributed by atoms with Gasteiger partial charge in [-0.15, -0.1) is 0 Å². The van der Waals surface area contributed by atoms with Crippen LogP contribution in [0.5, 0.6) is 0 Å². The van der Waals surface area contributed by atoms with Gasteiger partial charge >= 0.3 is 0 Å². The third-order valence-electron chi connectivity index (χ3n) is 2.91. The molecule has 1 rings (SSSR count). The number of hydrogen-bond donors (Lipinski definition) is 1. The first-order valence-electron chi connectivity index (χ1n) is 6.60. The summed E-state index contributed by atoms with van der Waals surface area (Å²) < 4.78 is 10.5. The molecule has 0 bridgehead atoms. The molecule has 0 unspecified atom stereocenters. The maximum absolute atomic E-state index is 5.50. The Bertz CT molecular complexity index is 311. The molecule has 3 heteroatoms. The van der Waals surface area contributed by atoms with Crippen molar-refractivity contribution in [3.63, 3.8) is 0 Å². The van der Waals surface area contributed by atoms with E-state index in [1.54, 1.807) is 7.11 Å². The summed E-state index contributed by atoms with van der Waals surface area (Å²) in [7, 11) is 1.71. The highest BCUT2D eigenvalue weighted by atomic mass is 16.5. The number of benzene rings is 1. The fourth-order valence-corrected chi connectivity index (χ4v) is 1.73. The van der Waals surface area contributed by atoms with E-state index < -0.39 is 0 Å². The van der Waals surface area contributed by atoms with Crippen LogP contribution in [-0.4, -0.2) is 33.5 Å². The molecule has 0 saturated heterocycles. The van der Waals surface area contributed by atoms with Gasteiger partial charge in [-0.1, -0.05) is 29.8 Å². The Balaban J connectivity index is 2.10. The molecule has 0 aliphatic carbocycles. The number of methoxy groups -OCH3 is 1. The lowest BCUT2D eigenvalue weighted by Gasteiger charge is -2.14. The zero-order valence-corrected chi connectivity index (χ0v) is 11.7. The summed E-state index contributed by atoms with van der Waals surface area (Å²) >= 11 is 0. The lowest BCUT2D eigenvalue weighted by Crippen LogP contribution is -2.23. The topological polar surface area (TPSA) is 30.5 Å². The van der Waals surface area contributed by atoms with Crippen molar-refractivity contribution in [2.24, 2.45) is 0 Å². The molecule has 1 atom stereocenters. The van der Waals surface area contributed by atoms with Crippen LogP contribution >= 0.6 is 0 Å². The molecule has 0 radical (unpaired) electrons. The SMILES string of the molecule is COCCCOCCN[C@@H](C)c1ccc(C)cc1. The van der Waals surface area contributed by atoms with E-state index in [1.165, 1.54) is 11.1 Å². The molecule has 0 saturated carbocycles. The molecule has 0 aliphatic heterocycles. The molecule has 3 nitrogen and oxygen atoms in total. The number of hydrogen-bond acceptors (Lipinski definition) is 3. The number of ether oxygens (including phenoxy) is 2. The Morgan fingerprint density at radius 3 is 2.50 bits per heavy atom. The van der Waals surface area contributed by atoms with Crippen LogP contribution in [0.3, 0.4) is 0 Å². The Kier molecular flexibility index (Phi) is 7.65. The second-order valence-corrected chi connectivity index (χ2v) is 4.55. The van der Waals surface area contributed by atoms with Crippen molar-refractivity contribution < 1.29 is 9.47 Å². The van der Waals surface area contributed by atoms with Gasteiger partial charge in [0.05, 0.1) is 6.61 Å². The maximum Gasteiger partial charge on any atom is 0.0591 e. The van der Waals surface area contributed by atoms with Crippen molar-refractivity contribution in [3.05, 3.63) is 35.4 Å². The van der Waals surface area contributed by atoms with E-state index in [0.29, 0.717) is 6.04 Å². The number of nitrogens with one attached hydrogen (secondary N) is 1. The average molecular weight is 251 g/mol. The van der Waals surface area contributed by atoms with Crippen molar-refractivity contribution >= 4 is 0 Å². The Morgan fingerprint density at radius 1 is 1.11 bits per heavy atom. The first-order chi connectivity index (χ1) is 8.74. The second-order valence-electron chi connectivity index (χ2n) is 4.55. The molecule has 0 fully saturated rings. The molecule has 0 heterocycles. The molecule has 18 heavy (non-hydrogen) atoms. The predicted octanol–water partition coefficient (Wildman–Crippen LogP) is 2.70. The molecular weight excluding hydrogens is 226 g/mol. The van der Waals surface area contributed by atoms with Crippen molar-refractivity contribution in [1.29, 1.82) is 0 Å². The molecule has 1 N–H and O–H groups in total. The first-order valence-corrected chi connectivity index (χ1v) is 6.60. The third kappa shape index (κ3) is 6.15. The van der Waals surface area contributed by atoms with Gasteiger partial charge in [0.1, 0.15) is 0 Å². The van der Waals surface area contributed by atoms with Crippen molar-refractivity contribution in [2.45, 2.75) is 26.3 Å². The normalized spacial score (nSPS) is 12.6. The standard InChI is InChI=1S/C15H25NO2/c1-13-5-7-15(8-6-13)14(2)16-9-12-18-11-4-10-17-3/h5-8,14,16H,4,9-12H2,1-3H3/t14-/m0/s1. The van der Waals surface area contributed by atoms with Gasteiger partial charge in [0.25, 0.3) is 0 Å². The van der Waals surface area contributed by atoms with Crippen LogP contribution in [0.4, 0.5) is 0 Å². The summed E-state index contributed by atoms with van der Waals surface area (Å²) in [5.74, 6) is 0. The zero-order chi connectivity index (χ0) is 13.2. The molecule has 102 valence electrons. The maximum atomic E-state index is 5.50. The zero-order valence-electron chi connectivity index (χ0n) is 11.7. The third-order valence-corrected chi connectivity index (χ3v) is 2.91. The van der Waals surface area contributed by atoms with Gasteiger partial charge < -0.3 is 14.8 Å². The smallest absolute Gasteiger partial charge is 0.0591 e. The highest BCUT2D eigenvalue weighted by molar-refractivity contribution is 5.23. The fourth-order valence-electron chi connectivity index (χ4n) is 1.73. The minimum atomic E-state index is 0.369. The van der Waals surface area contributed by atoms with Gasteiger partial charge in [-0.3, -0.25) is 0 Å². The van der Waals surface area contributed by atoms with E-state index in [-0.39, 0.29) is 0 Å². The monoisotopic (exact) mass is 251 g/mol. The summed E-state index contributed by atoms with van der Waals surface area (Å²) in [4.78, 5) is 0. The quantitative estimate of drug-likeness (QED) is 0.685. The summed E-state index contributed by atoms with van der Waals surface area (Å²) in [5.41, 5.74) is 2.62. The van der Waals surface area contributed by atoms with Crippen molar-refractivity contribution in [2.75, 3.05) is 33.5 Å². The van der Waals surface area contributed by atoms with Crippen LogP contribution < -0.4 is 5.32 Å². The second kappa shape index (κ2) is 9.09. The molecule has 1 aromatic carbocycles. The predicted molar refractivity (Wildman–Crippen MR) is 74.9 cm³/mol. The summed E-state index contributed by atoms with van der Waals surface area (Å²) in [6, 6.07) is 9.01. The Hall–Kier alpha value is -0.900. The summed E-state index contributed by atoms with van der Waals surface area (Å²) in [6.45, 7) is 7.45. The van der Waals surface area contributed by atoms with Crippen LogP contribution in [0.15, 0.2) is 24.3 Å². The van der Waals surface area contributed by atoms with Gasteiger partial charge in [0, 0.05) is 32.9 Å². The molecular formula is C15H25NO2. The van der Waals surface area contributed by atoms with Gasteiger partial charge in [-0.05, 0) is 25.8 Å². The van der Waals surface area contributed by atoms with Crippen molar-refractivity contribution in [1.82, 2.24) is 5.32 Å². The van der Waals surface area contributed by atoms with E-state index in [9.17, 15) is 0 Å². The van der Waals surface area contributed by atoms with Gasteiger partial charge in [0.2, 0.25) is 0 Å². The van der Waals surface area contributed by atoms with Gasteiger partial charge in [-0.25, -0.2) is 0 Å². The lowest BCUT2D eigenvalue weighted by atomic mass is 10.1. The van der Waals surface area contributed by atoms with Crippen LogP contribution in [0, 0.1) is 6.92 Å². The first kappa shape index (κ1) is 15.2. The average Bonchev–Trinajstić information content (AvgIpc) is 2.38. The molecule has 0 amide bonds. The summed E-state index contributed by atoms with van der Waals surface area (Å²) in [6.07, 6.45) is 0.962. The lowest BCUT2D eigenvalue weighted by molar-refractivity contribution is 0.103. The van der Waals surface area contributed by atoms with E-state index in [0.717, 1.165) is 32.8 Å². The van der Waals surface area contributed by atoms with Crippen molar-refractivity contribution in [3.8, 4) is 0 Å². The van der Waals surface area contributed by atoms with E-state index in [2.05, 4.69) is 43.4 Å². The van der Waals surface area contributed by atoms with Crippen LogP contribution in [0.2, 0.25) is 0 Å². The van der Waals surface area contributed by atoms with Gasteiger partial charge in [0.15, 0.2) is 0 Å². The van der Waals surface area contributed by atoms with Gasteiger partial charge in [-0.2, -0.15) is 0 Å².